The smallest absolute Gasteiger partial charge is 0.0887 e. The Morgan fingerprint density at radius 2 is 2.12 bits per heavy atom. The van der Waals surface area contributed by atoms with Crippen molar-refractivity contribution in [3.8, 4) is 0 Å². The molecule has 2 rings (SSSR count). The number of aliphatic hydroxyl groups is 1. The number of hydrogen-bond acceptors (Lipinski definition) is 3. The third-order valence-electron chi connectivity index (χ3n) is 3.11. The van der Waals surface area contributed by atoms with Crippen molar-refractivity contribution in [3.05, 3.63) is 35.9 Å². The molecule has 16 heavy (non-hydrogen) atoms. The van der Waals surface area contributed by atoms with E-state index in [-0.39, 0.29) is 18.6 Å². The highest BCUT2D eigenvalue weighted by molar-refractivity contribution is 5.18. The van der Waals surface area contributed by atoms with Gasteiger partial charge in [0.15, 0.2) is 0 Å². The maximum absolute atomic E-state index is 9.46. The molecule has 2 unspecified atom stereocenters. The van der Waals surface area contributed by atoms with Gasteiger partial charge < -0.3 is 14.7 Å². The summed E-state index contributed by atoms with van der Waals surface area (Å²) in [6, 6.07) is 10.2. The van der Waals surface area contributed by atoms with E-state index in [2.05, 4.69) is 24.1 Å². The fourth-order valence-corrected chi connectivity index (χ4v) is 2.22. The zero-order valence-corrected chi connectivity index (χ0v) is 9.67. The number of aliphatic hydroxyl groups excluding tert-OH is 1. The average Bonchev–Trinajstić information content (AvgIpc) is 2.51. The summed E-state index contributed by atoms with van der Waals surface area (Å²) in [6.07, 6.45) is 0.0242. The molecule has 1 aliphatic heterocycles. The largest absolute Gasteiger partial charge is 0.396 e. The van der Waals surface area contributed by atoms with Crippen LogP contribution in [0.25, 0.3) is 0 Å². The summed E-state index contributed by atoms with van der Waals surface area (Å²) >= 11 is 0. The van der Waals surface area contributed by atoms with Crippen LogP contribution in [0.2, 0.25) is 0 Å². The van der Waals surface area contributed by atoms with Gasteiger partial charge in [0.05, 0.1) is 12.7 Å². The van der Waals surface area contributed by atoms with Crippen molar-refractivity contribution in [2.24, 2.45) is 5.92 Å². The number of nitrogens with zero attached hydrogens (tertiary/aromatic N) is 1. The molecule has 0 radical (unpaired) electrons. The highest BCUT2D eigenvalue weighted by atomic mass is 16.5. The van der Waals surface area contributed by atoms with E-state index < -0.39 is 0 Å². The normalized spacial score (nSPS) is 27.6. The molecule has 1 saturated heterocycles. The standard InChI is InChI=1S/C13H19NO2/c1-14-7-8-16-13(12(9-14)10-15)11-5-3-2-4-6-11/h2-6,12-13,15H,7-10H2,1H3. The molecule has 0 aliphatic carbocycles. The predicted octanol–water partition coefficient (Wildman–Crippen LogP) is 1.30. The molecule has 1 aromatic carbocycles. The van der Waals surface area contributed by atoms with Crippen LogP contribution in [-0.4, -0.2) is 43.4 Å². The Morgan fingerprint density at radius 3 is 2.81 bits per heavy atom. The summed E-state index contributed by atoms with van der Waals surface area (Å²) < 4.78 is 5.86. The molecule has 1 fully saturated rings. The van der Waals surface area contributed by atoms with Crippen LogP contribution < -0.4 is 0 Å². The molecule has 0 spiro atoms. The van der Waals surface area contributed by atoms with Gasteiger partial charge in [-0.3, -0.25) is 0 Å². The first kappa shape index (κ1) is 11.6. The van der Waals surface area contributed by atoms with Gasteiger partial charge in [0.25, 0.3) is 0 Å². The van der Waals surface area contributed by atoms with Gasteiger partial charge in [0.2, 0.25) is 0 Å². The number of rotatable bonds is 2. The van der Waals surface area contributed by atoms with Gasteiger partial charge in [0.1, 0.15) is 0 Å². The molecule has 1 heterocycles. The number of ether oxygens (including phenoxy) is 1. The lowest BCUT2D eigenvalue weighted by Crippen LogP contribution is -2.29. The van der Waals surface area contributed by atoms with Gasteiger partial charge in [-0.1, -0.05) is 30.3 Å². The second-order valence-electron chi connectivity index (χ2n) is 4.41. The highest BCUT2D eigenvalue weighted by Crippen LogP contribution is 2.28. The van der Waals surface area contributed by atoms with Crippen molar-refractivity contribution >= 4 is 0 Å². The van der Waals surface area contributed by atoms with Crippen molar-refractivity contribution in [1.29, 1.82) is 0 Å². The van der Waals surface area contributed by atoms with Crippen LogP contribution >= 0.6 is 0 Å². The van der Waals surface area contributed by atoms with Crippen molar-refractivity contribution in [2.75, 3.05) is 33.4 Å². The zero-order valence-electron chi connectivity index (χ0n) is 9.67. The van der Waals surface area contributed by atoms with E-state index in [0.29, 0.717) is 0 Å². The van der Waals surface area contributed by atoms with Crippen molar-refractivity contribution in [1.82, 2.24) is 4.90 Å². The third kappa shape index (κ3) is 2.61. The Hall–Kier alpha value is -0.900. The Balaban J connectivity index is 2.17. The van der Waals surface area contributed by atoms with E-state index in [1.54, 1.807) is 0 Å². The van der Waals surface area contributed by atoms with Crippen LogP contribution in [0, 0.1) is 5.92 Å². The molecular formula is C13H19NO2. The summed E-state index contributed by atoms with van der Waals surface area (Å²) in [5, 5.41) is 9.46. The van der Waals surface area contributed by atoms with Crippen LogP contribution in [0.4, 0.5) is 0 Å². The average molecular weight is 221 g/mol. The number of likely N-dealkylation sites (N-methyl/N-ethyl adjacent to an activating group) is 1. The van der Waals surface area contributed by atoms with E-state index in [1.807, 2.05) is 18.2 Å². The summed E-state index contributed by atoms with van der Waals surface area (Å²) in [4.78, 5) is 2.21. The van der Waals surface area contributed by atoms with Gasteiger partial charge in [-0.25, -0.2) is 0 Å². The van der Waals surface area contributed by atoms with Gasteiger partial charge in [-0.15, -0.1) is 0 Å². The van der Waals surface area contributed by atoms with Crippen molar-refractivity contribution in [3.63, 3.8) is 0 Å². The molecule has 1 aromatic rings. The van der Waals surface area contributed by atoms with Crippen LogP contribution in [-0.2, 0) is 4.74 Å². The van der Waals surface area contributed by atoms with Crippen LogP contribution in [0.1, 0.15) is 11.7 Å². The van der Waals surface area contributed by atoms with Gasteiger partial charge in [0, 0.05) is 25.6 Å². The molecule has 0 aromatic heterocycles. The zero-order chi connectivity index (χ0) is 11.4. The third-order valence-corrected chi connectivity index (χ3v) is 3.11. The fourth-order valence-electron chi connectivity index (χ4n) is 2.22. The van der Waals surface area contributed by atoms with Crippen molar-refractivity contribution in [2.45, 2.75) is 6.10 Å². The van der Waals surface area contributed by atoms with E-state index in [1.165, 1.54) is 0 Å². The Kier molecular flexibility index (Phi) is 3.93. The molecule has 88 valence electrons. The molecule has 1 N–H and O–H groups in total. The monoisotopic (exact) mass is 221 g/mol. The summed E-state index contributed by atoms with van der Waals surface area (Å²) in [7, 11) is 2.07. The van der Waals surface area contributed by atoms with Crippen LogP contribution in [0.5, 0.6) is 0 Å². The molecule has 3 heteroatoms. The minimum atomic E-state index is 0.0242. The summed E-state index contributed by atoms with van der Waals surface area (Å²) in [6.45, 7) is 2.71. The molecule has 3 nitrogen and oxygen atoms in total. The molecular weight excluding hydrogens is 202 g/mol. The Bertz CT molecular complexity index is 315. The van der Waals surface area contributed by atoms with Crippen molar-refractivity contribution < 1.29 is 9.84 Å². The number of benzene rings is 1. The molecule has 2 atom stereocenters. The quantitative estimate of drug-likeness (QED) is 0.817. The molecule has 1 aliphatic rings. The van der Waals surface area contributed by atoms with Gasteiger partial charge in [-0.05, 0) is 12.6 Å². The maximum atomic E-state index is 9.46. The predicted molar refractivity (Wildman–Crippen MR) is 63.2 cm³/mol. The van der Waals surface area contributed by atoms with Gasteiger partial charge >= 0.3 is 0 Å². The Labute approximate surface area is 96.6 Å². The first-order chi connectivity index (χ1) is 7.81. The maximum Gasteiger partial charge on any atom is 0.0887 e. The van der Waals surface area contributed by atoms with E-state index in [9.17, 15) is 5.11 Å². The molecule has 0 saturated carbocycles. The van der Waals surface area contributed by atoms with E-state index in [4.69, 9.17) is 4.74 Å². The van der Waals surface area contributed by atoms with Crippen LogP contribution in [0.3, 0.4) is 0 Å². The molecule has 0 amide bonds. The minimum absolute atomic E-state index is 0.0242. The summed E-state index contributed by atoms with van der Waals surface area (Å²) in [5.74, 6) is 0.162. The fraction of sp³-hybridized carbons (Fsp3) is 0.538. The molecule has 0 bridgehead atoms. The number of hydrogen-bond donors (Lipinski definition) is 1. The van der Waals surface area contributed by atoms with E-state index >= 15 is 0 Å². The lowest BCUT2D eigenvalue weighted by molar-refractivity contribution is 0.0114. The first-order valence-electron chi connectivity index (χ1n) is 5.77. The topological polar surface area (TPSA) is 32.7 Å². The first-order valence-corrected chi connectivity index (χ1v) is 5.77. The Morgan fingerprint density at radius 1 is 1.38 bits per heavy atom. The lowest BCUT2D eigenvalue weighted by atomic mass is 9.96. The van der Waals surface area contributed by atoms with Crippen LogP contribution in [0.15, 0.2) is 30.3 Å². The minimum Gasteiger partial charge on any atom is -0.396 e. The lowest BCUT2D eigenvalue weighted by Gasteiger charge is -2.24. The second-order valence-corrected chi connectivity index (χ2v) is 4.41. The summed E-state index contributed by atoms with van der Waals surface area (Å²) in [5.41, 5.74) is 1.16. The van der Waals surface area contributed by atoms with E-state index in [0.717, 1.165) is 25.3 Å². The second kappa shape index (κ2) is 5.43. The highest BCUT2D eigenvalue weighted by Gasteiger charge is 2.27. The van der Waals surface area contributed by atoms with Gasteiger partial charge in [-0.2, -0.15) is 0 Å². The SMILES string of the molecule is CN1CCOC(c2ccccc2)C(CO)C1.